The summed E-state index contributed by atoms with van der Waals surface area (Å²) in [4.78, 5) is 15.6. The maximum Gasteiger partial charge on any atom is 0.163 e. The first-order chi connectivity index (χ1) is 8.16. The number of aromatic nitrogens is 1. The lowest BCUT2D eigenvalue weighted by Crippen LogP contribution is -1.96. The monoisotopic (exact) mass is 227 g/mol. The van der Waals surface area contributed by atoms with Crippen LogP contribution in [-0.2, 0) is 0 Å². The molecule has 0 aliphatic heterocycles. The van der Waals surface area contributed by atoms with Gasteiger partial charge < -0.3 is 4.74 Å². The lowest BCUT2D eigenvalue weighted by atomic mass is 10.1. The average Bonchev–Trinajstić information content (AvgIpc) is 2.32. The van der Waals surface area contributed by atoms with Crippen LogP contribution in [0.25, 0.3) is 0 Å². The molecule has 3 heteroatoms. The van der Waals surface area contributed by atoms with Gasteiger partial charge in [-0.05, 0) is 38.1 Å². The fourth-order valence-electron chi connectivity index (χ4n) is 1.49. The van der Waals surface area contributed by atoms with Gasteiger partial charge in [-0.2, -0.15) is 0 Å². The van der Waals surface area contributed by atoms with E-state index in [2.05, 4.69) is 4.98 Å². The third-order valence-electron chi connectivity index (χ3n) is 2.38. The number of hydrogen-bond donors (Lipinski definition) is 0. The van der Waals surface area contributed by atoms with Crippen LogP contribution >= 0.6 is 0 Å². The van der Waals surface area contributed by atoms with Crippen LogP contribution in [0, 0.1) is 6.92 Å². The van der Waals surface area contributed by atoms with Crippen LogP contribution in [0.1, 0.15) is 23.0 Å². The van der Waals surface area contributed by atoms with Gasteiger partial charge in [0.25, 0.3) is 0 Å². The number of pyridine rings is 1. The molecule has 1 aromatic carbocycles. The molecule has 0 aliphatic carbocycles. The number of carbonyl (C=O) groups excluding carboxylic acids is 1. The number of nitrogens with zero attached hydrogens (tertiary/aromatic N) is 1. The molecule has 3 nitrogen and oxygen atoms in total. The highest BCUT2D eigenvalue weighted by Crippen LogP contribution is 2.24. The molecule has 1 heterocycles. The van der Waals surface area contributed by atoms with Gasteiger partial charge in [0.2, 0.25) is 0 Å². The van der Waals surface area contributed by atoms with E-state index < -0.39 is 0 Å². The van der Waals surface area contributed by atoms with E-state index in [4.69, 9.17) is 4.74 Å². The minimum absolute atomic E-state index is 0.0133. The number of aryl methyl sites for hydroxylation is 1. The number of carbonyl (C=O) groups is 1. The zero-order chi connectivity index (χ0) is 12.3. The van der Waals surface area contributed by atoms with Crippen LogP contribution in [0.15, 0.2) is 42.6 Å². The third kappa shape index (κ3) is 2.69. The molecule has 2 aromatic rings. The smallest absolute Gasteiger partial charge is 0.163 e. The van der Waals surface area contributed by atoms with Gasteiger partial charge in [-0.15, -0.1) is 0 Å². The van der Waals surface area contributed by atoms with Crippen LogP contribution in [0.4, 0.5) is 0 Å². The summed E-state index contributed by atoms with van der Waals surface area (Å²) in [7, 11) is 0. The highest BCUT2D eigenvalue weighted by molar-refractivity contribution is 5.96. The van der Waals surface area contributed by atoms with Crippen LogP contribution in [0.2, 0.25) is 0 Å². The molecule has 0 amide bonds. The van der Waals surface area contributed by atoms with Crippen molar-refractivity contribution >= 4 is 5.78 Å². The first kappa shape index (κ1) is 11.3. The van der Waals surface area contributed by atoms with Crippen LogP contribution in [0.3, 0.4) is 0 Å². The summed E-state index contributed by atoms with van der Waals surface area (Å²) >= 11 is 0. The Morgan fingerprint density at radius 2 is 1.94 bits per heavy atom. The lowest BCUT2D eigenvalue weighted by Gasteiger charge is -2.08. The number of hydrogen-bond acceptors (Lipinski definition) is 3. The van der Waals surface area contributed by atoms with Gasteiger partial charge in [0, 0.05) is 5.69 Å². The van der Waals surface area contributed by atoms with Crippen molar-refractivity contribution in [2.24, 2.45) is 0 Å². The Morgan fingerprint density at radius 3 is 2.59 bits per heavy atom. The highest BCUT2D eigenvalue weighted by Gasteiger charge is 2.08. The van der Waals surface area contributed by atoms with E-state index in [1.807, 2.05) is 31.2 Å². The van der Waals surface area contributed by atoms with Gasteiger partial charge in [-0.3, -0.25) is 9.78 Å². The maximum atomic E-state index is 11.4. The summed E-state index contributed by atoms with van der Waals surface area (Å²) in [5.74, 6) is 1.18. The number of benzene rings is 1. The molecule has 17 heavy (non-hydrogen) atoms. The largest absolute Gasteiger partial charge is 0.455 e. The molecule has 0 radical (unpaired) electrons. The molecule has 1 aromatic heterocycles. The predicted octanol–water partition coefficient (Wildman–Crippen LogP) is 3.38. The Morgan fingerprint density at radius 1 is 1.18 bits per heavy atom. The van der Waals surface area contributed by atoms with Gasteiger partial charge in [0.1, 0.15) is 11.5 Å². The maximum absolute atomic E-state index is 11.4. The van der Waals surface area contributed by atoms with E-state index >= 15 is 0 Å². The van der Waals surface area contributed by atoms with Crippen LogP contribution < -0.4 is 4.74 Å². The second kappa shape index (κ2) is 4.78. The van der Waals surface area contributed by atoms with Crippen molar-refractivity contribution in [1.82, 2.24) is 4.98 Å². The second-order valence-electron chi connectivity index (χ2n) is 3.79. The molecule has 0 spiro atoms. The second-order valence-corrected chi connectivity index (χ2v) is 3.79. The number of ether oxygens (including phenoxy) is 1. The van der Waals surface area contributed by atoms with Crippen molar-refractivity contribution in [2.45, 2.75) is 13.8 Å². The summed E-state index contributed by atoms with van der Waals surface area (Å²) in [6.45, 7) is 3.43. The normalized spacial score (nSPS) is 10.0. The first-order valence-electron chi connectivity index (χ1n) is 5.37. The van der Waals surface area contributed by atoms with Gasteiger partial charge in [0.15, 0.2) is 5.78 Å². The molecule has 86 valence electrons. The van der Waals surface area contributed by atoms with Crippen molar-refractivity contribution in [1.29, 1.82) is 0 Å². The molecule has 0 N–H and O–H groups in total. The van der Waals surface area contributed by atoms with Crippen molar-refractivity contribution in [3.05, 3.63) is 53.9 Å². The predicted molar refractivity (Wildman–Crippen MR) is 65.5 cm³/mol. The van der Waals surface area contributed by atoms with Gasteiger partial charge in [-0.25, -0.2) is 0 Å². The van der Waals surface area contributed by atoms with E-state index in [1.165, 1.54) is 6.92 Å². The SMILES string of the molecule is CC(=O)c1ccccc1Oc1ccc(C)nc1. The zero-order valence-corrected chi connectivity index (χ0v) is 9.81. The number of para-hydroxylation sites is 1. The minimum atomic E-state index is -0.0133. The summed E-state index contributed by atoms with van der Waals surface area (Å²) in [6.07, 6.45) is 1.65. The highest BCUT2D eigenvalue weighted by atomic mass is 16.5. The fraction of sp³-hybridized carbons (Fsp3) is 0.143. The van der Waals surface area contributed by atoms with E-state index in [-0.39, 0.29) is 5.78 Å². The quantitative estimate of drug-likeness (QED) is 0.754. The number of ketones is 1. The summed E-state index contributed by atoms with van der Waals surface area (Å²) < 4.78 is 5.64. The molecule has 0 aliphatic rings. The van der Waals surface area contributed by atoms with E-state index in [9.17, 15) is 4.79 Å². The lowest BCUT2D eigenvalue weighted by molar-refractivity contribution is 0.101. The van der Waals surface area contributed by atoms with Crippen LogP contribution in [0.5, 0.6) is 11.5 Å². The fourth-order valence-corrected chi connectivity index (χ4v) is 1.49. The van der Waals surface area contributed by atoms with Crippen molar-refractivity contribution in [3.8, 4) is 11.5 Å². The summed E-state index contributed by atoms with van der Waals surface area (Å²) in [5, 5.41) is 0. The van der Waals surface area contributed by atoms with Gasteiger partial charge in [-0.1, -0.05) is 12.1 Å². The Hall–Kier alpha value is -2.16. The standard InChI is InChI=1S/C14H13NO2/c1-10-7-8-12(9-15-10)17-14-6-4-3-5-13(14)11(2)16/h3-9H,1-2H3. The molecule has 0 bridgehead atoms. The Kier molecular flexibility index (Phi) is 3.19. The Balaban J connectivity index is 2.30. The van der Waals surface area contributed by atoms with Crippen LogP contribution in [-0.4, -0.2) is 10.8 Å². The summed E-state index contributed by atoms with van der Waals surface area (Å²) in [6, 6.07) is 10.9. The topological polar surface area (TPSA) is 39.2 Å². The molecular formula is C14H13NO2. The average molecular weight is 227 g/mol. The molecule has 0 saturated heterocycles. The molecule has 0 atom stereocenters. The number of rotatable bonds is 3. The van der Waals surface area contributed by atoms with Gasteiger partial charge >= 0.3 is 0 Å². The molecule has 2 rings (SSSR count). The van der Waals surface area contributed by atoms with E-state index in [0.29, 0.717) is 17.1 Å². The molecule has 0 fully saturated rings. The van der Waals surface area contributed by atoms with Crippen molar-refractivity contribution in [2.75, 3.05) is 0 Å². The Bertz CT molecular complexity index is 532. The minimum Gasteiger partial charge on any atom is -0.455 e. The van der Waals surface area contributed by atoms with E-state index in [0.717, 1.165) is 5.69 Å². The molecule has 0 saturated carbocycles. The van der Waals surface area contributed by atoms with E-state index in [1.54, 1.807) is 18.3 Å². The third-order valence-corrected chi connectivity index (χ3v) is 2.38. The van der Waals surface area contributed by atoms with Gasteiger partial charge in [0.05, 0.1) is 11.8 Å². The first-order valence-corrected chi connectivity index (χ1v) is 5.37. The Labute approximate surface area is 100 Å². The molecule has 0 unspecified atom stereocenters. The summed E-state index contributed by atoms with van der Waals surface area (Å²) in [5.41, 5.74) is 1.50. The van der Waals surface area contributed by atoms with Crippen molar-refractivity contribution in [3.63, 3.8) is 0 Å². The number of Topliss-reactive ketones (excluding diaryl/α,β-unsaturated/α-hetero) is 1. The van der Waals surface area contributed by atoms with Crippen molar-refractivity contribution < 1.29 is 9.53 Å². The molecular weight excluding hydrogens is 214 g/mol. The zero-order valence-electron chi connectivity index (χ0n) is 9.81.